The molecule has 288 valence electrons. The molecule has 15 nitrogen and oxygen atoms in total. The summed E-state index contributed by atoms with van der Waals surface area (Å²) in [5.41, 5.74) is 1.22. The first kappa shape index (κ1) is 40.6. The van der Waals surface area contributed by atoms with Crippen molar-refractivity contribution in [3.63, 3.8) is 0 Å². The first-order valence-electron chi connectivity index (χ1n) is 18.2. The maximum Gasteiger partial charge on any atom is 0.287 e. The van der Waals surface area contributed by atoms with E-state index in [0.29, 0.717) is 30.8 Å². The van der Waals surface area contributed by atoms with Crippen LogP contribution in [0.25, 0.3) is 16.9 Å². The van der Waals surface area contributed by atoms with Crippen LogP contribution in [0.2, 0.25) is 18.1 Å². The molecule has 0 bridgehead atoms. The van der Waals surface area contributed by atoms with Gasteiger partial charge in [0.15, 0.2) is 25.7 Å². The van der Waals surface area contributed by atoms with E-state index < -0.39 is 40.2 Å². The van der Waals surface area contributed by atoms with E-state index in [-0.39, 0.29) is 53.0 Å². The number of benzene rings is 1. The predicted molar refractivity (Wildman–Crippen MR) is 206 cm³/mol. The lowest BCUT2D eigenvalue weighted by Crippen LogP contribution is -2.49. The number of hydrogen-bond acceptors (Lipinski definition) is 11. The number of hydrogen-bond donors (Lipinski definition) is 0. The molecule has 0 radical (unpaired) electrons. The van der Waals surface area contributed by atoms with Crippen LogP contribution in [-0.4, -0.2) is 78.4 Å². The van der Waals surface area contributed by atoms with Gasteiger partial charge < -0.3 is 22.8 Å². The fourth-order valence-corrected chi connectivity index (χ4v) is 9.40. The number of fused-ring (bicyclic) bond motifs is 2. The molecule has 4 heterocycles. The van der Waals surface area contributed by atoms with E-state index in [4.69, 9.17) is 23.2 Å². The fourth-order valence-electron chi connectivity index (χ4n) is 6.34. The quantitative estimate of drug-likeness (QED) is 0.0368. The van der Waals surface area contributed by atoms with E-state index in [1.165, 1.54) is 16.5 Å². The van der Waals surface area contributed by atoms with Gasteiger partial charge in [0, 0.05) is 43.2 Å². The van der Waals surface area contributed by atoms with Crippen molar-refractivity contribution in [1.29, 1.82) is 5.26 Å². The van der Waals surface area contributed by atoms with Crippen molar-refractivity contribution in [2.45, 2.75) is 136 Å². The molecule has 1 unspecified atom stereocenters. The van der Waals surface area contributed by atoms with E-state index >= 15 is 0 Å². The van der Waals surface area contributed by atoms with Crippen molar-refractivity contribution >= 4 is 39.5 Å². The molecule has 1 saturated heterocycles. The molecule has 4 aromatic rings. The van der Waals surface area contributed by atoms with E-state index in [2.05, 4.69) is 77.3 Å². The van der Waals surface area contributed by atoms with Crippen molar-refractivity contribution in [3.05, 3.63) is 69.0 Å². The number of non-ortho nitro benzene ring substituents is 1. The number of ether oxygens (including phenoxy) is 1. The summed E-state index contributed by atoms with van der Waals surface area (Å²) >= 11 is 0. The summed E-state index contributed by atoms with van der Waals surface area (Å²) in [5.74, 6) is 0.435. The number of aryl methyl sites for hydroxylation is 2. The Morgan fingerprint density at radius 3 is 2.40 bits per heavy atom. The summed E-state index contributed by atoms with van der Waals surface area (Å²) in [7, 11) is -4.06. The first-order valence-corrected chi connectivity index (χ1v) is 22.3. The van der Waals surface area contributed by atoms with Crippen molar-refractivity contribution in [3.8, 4) is 6.07 Å². The van der Waals surface area contributed by atoms with Gasteiger partial charge in [0.25, 0.3) is 19.8 Å². The second-order valence-electron chi connectivity index (χ2n) is 15.5. The van der Waals surface area contributed by atoms with Gasteiger partial charge in [-0.25, -0.2) is 14.1 Å². The Balaban J connectivity index is 1.56. The molecule has 0 saturated carbocycles. The van der Waals surface area contributed by atoms with Gasteiger partial charge in [-0.05, 0) is 64.2 Å². The Kier molecular flexibility index (Phi) is 12.6. The highest BCUT2D eigenvalue weighted by Gasteiger charge is 2.53. The van der Waals surface area contributed by atoms with Gasteiger partial charge in [-0.15, -0.1) is 0 Å². The molecule has 1 aliphatic heterocycles. The van der Waals surface area contributed by atoms with Crippen LogP contribution < -0.4 is 5.56 Å². The second kappa shape index (κ2) is 16.4. The van der Waals surface area contributed by atoms with Crippen molar-refractivity contribution in [2.24, 2.45) is 0 Å². The SMILES string of the molecule is CC[C@H]1O[C@@H](n2cnc3c(=O)n4ccn(CCc5ccc([N+](=O)[O-])cc5)c4nc32)[C@H](O[Si](C)(C)C(C)(C)C)[C@@H]1OP(OCCC#N)N(C(C)C)C(C)C. The van der Waals surface area contributed by atoms with E-state index in [1.54, 1.807) is 35.4 Å². The third-order valence-electron chi connectivity index (χ3n) is 10.1. The number of imidazole rings is 2. The van der Waals surface area contributed by atoms with Gasteiger partial charge >= 0.3 is 0 Å². The van der Waals surface area contributed by atoms with Crippen LogP contribution in [0.4, 0.5) is 5.69 Å². The Hall–Kier alpha value is -3.55. The molecule has 5 rings (SSSR count). The van der Waals surface area contributed by atoms with Crippen LogP contribution in [0.1, 0.15) is 80.0 Å². The van der Waals surface area contributed by atoms with Crippen LogP contribution in [-0.2, 0) is 31.2 Å². The third-order valence-corrected chi connectivity index (χ3v) is 16.7. The zero-order valence-corrected chi connectivity index (χ0v) is 34.3. The number of nitrogens with zero attached hydrogens (tertiary/aromatic N) is 8. The zero-order valence-electron chi connectivity index (χ0n) is 32.4. The van der Waals surface area contributed by atoms with Gasteiger partial charge in [-0.2, -0.15) is 10.2 Å². The average molecular weight is 769 g/mol. The molecule has 0 N–H and O–H groups in total. The van der Waals surface area contributed by atoms with Gasteiger partial charge in [-0.3, -0.25) is 19.5 Å². The van der Waals surface area contributed by atoms with Gasteiger partial charge in [0.2, 0.25) is 5.78 Å². The van der Waals surface area contributed by atoms with Gasteiger partial charge in [0.05, 0.1) is 36.5 Å². The Morgan fingerprint density at radius 2 is 1.81 bits per heavy atom. The Morgan fingerprint density at radius 1 is 1.13 bits per heavy atom. The lowest BCUT2D eigenvalue weighted by atomic mass is 10.1. The third kappa shape index (κ3) is 8.57. The fraction of sp³-hybridized carbons (Fsp3) is 0.611. The van der Waals surface area contributed by atoms with Gasteiger partial charge in [-0.1, -0.05) is 39.8 Å². The van der Waals surface area contributed by atoms with E-state index in [9.17, 15) is 20.2 Å². The molecule has 53 heavy (non-hydrogen) atoms. The molecule has 5 atom stereocenters. The minimum absolute atomic E-state index is 0.0345. The minimum Gasteiger partial charge on any atom is -0.407 e. The molecular formula is C36H53N8O7PSi. The first-order chi connectivity index (χ1) is 25.0. The topological polar surface area (TPSA) is 164 Å². The maximum atomic E-state index is 13.8. The normalized spacial score (nSPS) is 20.3. The lowest BCUT2D eigenvalue weighted by molar-refractivity contribution is -0.384. The predicted octanol–water partition coefficient (Wildman–Crippen LogP) is 7.36. The van der Waals surface area contributed by atoms with Crippen LogP contribution in [0.5, 0.6) is 0 Å². The molecule has 3 aromatic heterocycles. The number of nitriles is 1. The molecule has 1 aromatic carbocycles. The average Bonchev–Trinajstić information content (AvgIpc) is 3.79. The smallest absolute Gasteiger partial charge is 0.287 e. The number of nitro groups is 1. The summed E-state index contributed by atoms with van der Waals surface area (Å²) in [6, 6.07) is 8.84. The zero-order chi connectivity index (χ0) is 38.8. The van der Waals surface area contributed by atoms with Crippen molar-refractivity contribution < 1.29 is 23.1 Å². The highest BCUT2D eigenvalue weighted by atomic mass is 31.2. The number of rotatable bonds is 16. The summed E-state index contributed by atoms with van der Waals surface area (Å²) in [5, 5.41) is 20.3. The molecule has 1 aliphatic rings. The molecule has 0 amide bonds. The summed E-state index contributed by atoms with van der Waals surface area (Å²) < 4.78 is 34.8. The minimum atomic E-state index is -2.45. The van der Waals surface area contributed by atoms with Crippen LogP contribution in [0.15, 0.2) is 47.8 Å². The van der Waals surface area contributed by atoms with Crippen LogP contribution in [0.3, 0.4) is 0 Å². The van der Waals surface area contributed by atoms with Crippen LogP contribution >= 0.6 is 8.53 Å². The molecule has 1 fully saturated rings. The summed E-state index contributed by atoms with van der Waals surface area (Å²) in [6.45, 7) is 22.1. The molecule has 0 spiro atoms. The lowest BCUT2D eigenvalue weighted by Gasteiger charge is -2.42. The molecular weight excluding hydrogens is 716 g/mol. The van der Waals surface area contributed by atoms with Gasteiger partial charge in [0.1, 0.15) is 12.2 Å². The standard InChI is InChI=1S/C36H53N8O7PSi/c1-11-28-30(50-52(48-22-12-18-37)43(24(2)3)25(4)5)31(51-53(9,10)36(6,7)8)34(49-28)42-23-38-29-32(42)39-35-40(20-21-41(35)33(29)45)19-17-26-13-15-27(16-14-26)44(46)47/h13-16,20-21,23-25,28,30-31,34H,11-12,17,19,22H2,1-10H3/t28-,30-,31-,34-,52?/m1/s1. The highest BCUT2D eigenvalue weighted by molar-refractivity contribution is 7.44. The monoisotopic (exact) mass is 768 g/mol. The summed E-state index contributed by atoms with van der Waals surface area (Å²) in [6.07, 6.45) is 4.28. The Labute approximate surface area is 313 Å². The number of aromatic nitrogens is 5. The van der Waals surface area contributed by atoms with E-state index in [1.807, 2.05) is 11.5 Å². The van der Waals surface area contributed by atoms with Crippen molar-refractivity contribution in [2.75, 3.05) is 6.61 Å². The second-order valence-corrected chi connectivity index (χ2v) is 21.7. The maximum absolute atomic E-state index is 13.8. The van der Waals surface area contributed by atoms with Crippen LogP contribution in [0, 0.1) is 21.4 Å². The largest absolute Gasteiger partial charge is 0.407 e. The van der Waals surface area contributed by atoms with Crippen molar-refractivity contribution in [1.82, 2.24) is 28.2 Å². The number of nitro benzene ring substituents is 1. The molecule has 0 aliphatic carbocycles. The van der Waals surface area contributed by atoms with E-state index in [0.717, 1.165) is 5.56 Å². The molecule has 17 heteroatoms. The summed E-state index contributed by atoms with van der Waals surface area (Å²) in [4.78, 5) is 34.1. The highest BCUT2D eigenvalue weighted by Crippen LogP contribution is 2.52. The Bertz CT molecular complexity index is 1970.